The van der Waals surface area contributed by atoms with E-state index in [2.05, 4.69) is 26.1 Å². The Kier molecular flexibility index (Phi) is 3.14. The van der Waals surface area contributed by atoms with Crippen molar-refractivity contribution in [2.45, 2.75) is 11.7 Å². The maximum absolute atomic E-state index is 11.7. The lowest BCUT2D eigenvalue weighted by Gasteiger charge is -2.12. The van der Waals surface area contributed by atoms with Crippen LogP contribution in [0.4, 0.5) is 5.82 Å². The molecule has 1 aliphatic heterocycles. The molecule has 1 fully saturated rings. The molecule has 96 valence electrons. The summed E-state index contributed by atoms with van der Waals surface area (Å²) in [5.74, 6) is -0.315. The zero-order valence-corrected chi connectivity index (χ0v) is 11.3. The van der Waals surface area contributed by atoms with Crippen LogP contribution < -0.4 is 10.0 Å². The predicted octanol–water partition coefficient (Wildman–Crippen LogP) is -0.562. The molecule has 0 aromatic carbocycles. The van der Waals surface area contributed by atoms with E-state index in [1.807, 2.05) is 6.07 Å². The van der Waals surface area contributed by atoms with Gasteiger partial charge in [0.15, 0.2) is 5.82 Å². The number of halogens is 1. The van der Waals surface area contributed by atoms with Crippen molar-refractivity contribution < 1.29 is 13.2 Å². The Balaban J connectivity index is 2.37. The number of carbonyl (C=O) groups is 1. The molecule has 1 atom stereocenters. The molecular weight excluding hydrogens is 326 g/mol. The molecule has 1 unspecified atom stereocenters. The normalized spacial score (nSPS) is 20.2. The predicted molar refractivity (Wildman–Crippen MR) is 64.9 cm³/mol. The van der Waals surface area contributed by atoms with Gasteiger partial charge in [-0.1, -0.05) is 0 Å². The van der Waals surface area contributed by atoms with E-state index in [0.29, 0.717) is 4.60 Å². The van der Waals surface area contributed by atoms with Crippen molar-refractivity contribution in [3.05, 3.63) is 10.2 Å². The molecule has 1 aliphatic rings. The molecule has 10 heteroatoms. The topological polar surface area (TPSA) is 133 Å². The zero-order valence-electron chi connectivity index (χ0n) is 8.92. The van der Waals surface area contributed by atoms with Crippen molar-refractivity contribution in [2.75, 3.05) is 11.4 Å². The van der Waals surface area contributed by atoms with E-state index in [4.69, 9.17) is 10.4 Å². The first kappa shape index (κ1) is 13.0. The second-order valence-corrected chi connectivity index (χ2v) is 6.41. The molecule has 1 saturated heterocycles. The van der Waals surface area contributed by atoms with E-state index < -0.39 is 21.2 Å². The lowest BCUT2D eigenvalue weighted by Crippen LogP contribution is -2.32. The van der Waals surface area contributed by atoms with Gasteiger partial charge in [0.05, 0.1) is 0 Å². The highest BCUT2D eigenvalue weighted by Crippen LogP contribution is 2.28. The molecule has 3 N–H and O–H groups in total. The Morgan fingerprint density at radius 1 is 1.61 bits per heavy atom. The molecular formula is C8H8BrN5O3S. The van der Waals surface area contributed by atoms with E-state index in [-0.39, 0.29) is 24.3 Å². The van der Waals surface area contributed by atoms with Crippen LogP contribution in [0.3, 0.4) is 0 Å². The number of amides is 1. The number of anilines is 1. The number of sulfonamides is 1. The molecule has 2 heterocycles. The molecule has 0 bridgehead atoms. The fourth-order valence-corrected chi connectivity index (χ4v) is 2.79. The molecule has 1 aromatic rings. The minimum atomic E-state index is -3.78. The van der Waals surface area contributed by atoms with E-state index in [1.165, 1.54) is 0 Å². The molecule has 0 spiro atoms. The summed E-state index contributed by atoms with van der Waals surface area (Å²) in [5.41, 5.74) is 0.151. The maximum Gasteiger partial charge on any atom is 0.229 e. The first-order valence-corrected chi connectivity index (χ1v) is 7.20. The third kappa shape index (κ3) is 2.12. The number of nitrogens with two attached hydrogens (primary N) is 1. The quantitative estimate of drug-likeness (QED) is 0.748. The van der Waals surface area contributed by atoms with Crippen LogP contribution in [-0.4, -0.2) is 36.3 Å². The van der Waals surface area contributed by atoms with Crippen molar-refractivity contribution in [2.24, 2.45) is 5.14 Å². The molecule has 0 saturated carbocycles. The third-order valence-electron chi connectivity index (χ3n) is 2.62. The minimum Gasteiger partial charge on any atom is -0.293 e. The molecule has 1 aromatic heterocycles. The van der Waals surface area contributed by atoms with Gasteiger partial charge < -0.3 is 0 Å². The number of nitrogens with zero attached hydrogens (tertiary/aromatic N) is 3. The largest absolute Gasteiger partial charge is 0.293 e. The number of carbonyl (C=O) groups excluding carboxylic acids is 1. The minimum absolute atomic E-state index is 0.0936. The van der Waals surface area contributed by atoms with E-state index in [9.17, 15) is 13.2 Å². The van der Waals surface area contributed by atoms with Crippen LogP contribution in [0.5, 0.6) is 0 Å². The van der Waals surface area contributed by atoms with Crippen molar-refractivity contribution in [1.29, 1.82) is 5.26 Å². The monoisotopic (exact) mass is 333 g/mol. The number of nitrogens with one attached hydrogen (secondary N) is 1. The average Bonchev–Trinajstić information content (AvgIpc) is 2.80. The number of hydrogen-bond donors (Lipinski definition) is 2. The van der Waals surface area contributed by atoms with Gasteiger partial charge in [-0.2, -0.15) is 10.4 Å². The lowest BCUT2D eigenvalue weighted by atomic mass is 10.3. The first-order chi connectivity index (χ1) is 8.34. The Morgan fingerprint density at radius 3 is 2.78 bits per heavy atom. The number of rotatable bonds is 2. The second kappa shape index (κ2) is 4.34. The van der Waals surface area contributed by atoms with Gasteiger partial charge in [-0.15, -0.1) is 0 Å². The van der Waals surface area contributed by atoms with E-state index >= 15 is 0 Å². The highest BCUT2D eigenvalue weighted by Gasteiger charge is 2.39. The van der Waals surface area contributed by atoms with E-state index in [1.54, 1.807) is 0 Å². The number of nitriles is 1. The van der Waals surface area contributed by atoms with Crippen molar-refractivity contribution in [3.8, 4) is 6.07 Å². The van der Waals surface area contributed by atoms with Crippen LogP contribution in [-0.2, 0) is 14.8 Å². The number of primary sulfonamides is 1. The SMILES string of the molecule is N#Cc1c(N2CC(S(N)(=O)=O)CC2=O)n[nH]c1Br. The Morgan fingerprint density at radius 2 is 2.28 bits per heavy atom. The fraction of sp³-hybridized carbons (Fsp3) is 0.375. The number of aromatic nitrogens is 2. The summed E-state index contributed by atoms with van der Waals surface area (Å²) in [7, 11) is -3.78. The molecule has 0 aliphatic carbocycles. The average molecular weight is 334 g/mol. The van der Waals surface area contributed by atoms with Crippen LogP contribution in [0, 0.1) is 11.3 Å². The molecule has 1 amide bonds. The summed E-state index contributed by atoms with van der Waals surface area (Å²) >= 11 is 3.08. The summed E-state index contributed by atoms with van der Waals surface area (Å²) in [6, 6.07) is 1.88. The van der Waals surface area contributed by atoms with Crippen LogP contribution >= 0.6 is 15.9 Å². The maximum atomic E-state index is 11.7. The third-order valence-corrected chi connectivity index (χ3v) is 4.44. The van der Waals surface area contributed by atoms with E-state index in [0.717, 1.165) is 4.90 Å². The van der Waals surface area contributed by atoms with Crippen LogP contribution in [0.1, 0.15) is 12.0 Å². The number of hydrogen-bond acceptors (Lipinski definition) is 5. The summed E-state index contributed by atoms with van der Waals surface area (Å²) in [5, 5.41) is 19.3. The highest BCUT2D eigenvalue weighted by molar-refractivity contribution is 9.10. The van der Waals surface area contributed by atoms with Crippen molar-refractivity contribution in [3.63, 3.8) is 0 Å². The van der Waals surface area contributed by atoms with Gasteiger partial charge in [0.25, 0.3) is 0 Å². The summed E-state index contributed by atoms with van der Waals surface area (Å²) in [6.45, 7) is -0.0936. The second-order valence-electron chi connectivity index (χ2n) is 3.77. The van der Waals surface area contributed by atoms with Gasteiger partial charge in [0.2, 0.25) is 15.9 Å². The molecule has 0 radical (unpaired) electrons. The van der Waals surface area contributed by atoms with Gasteiger partial charge in [0, 0.05) is 13.0 Å². The zero-order chi connectivity index (χ0) is 13.5. The lowest BCUT2D eigenvalue weighted by molar-refractivity contribution is -0.117. The van der Waals surface area contributed by atoms with Gasteiger partial charge in [-0.3, -0.25) is 14.8 Å². The Bertz CT molecular complexity index is 646. The highest BCUT2D eigenvalue weighted by atomic mass is 79.9. The Hall–Kier alpha value is -1.44. The van der Waals surface area contributed by atoms with Gasteiger partial charge in [-0.25, -0.2) is 13.6 Å². The summed E-state index contributed by atoms with van der Waals surface area (Å²) < 4.78 is 22.8. The molecule has 18 heavy (non-hydrogen) atoms. The fourth-order valence-electron chi connectivity index (χ4n) is 1.71. The van der Waals surface area contributed by atoms with Crippen LogP contribution in [0.15, 0.2) is 4.60 Å². The first-order valence-electron chi connectivity index (χ1n) is 4.80. The summed E-state index contributed by atoms with van der Waals surface area (Å²) in [6.07, 6.45) is -0.200. The molecule has 8 nitrogen and oxygen atoms in total. The Labute approximate surface area is 111 Å². The number of aromatic amines is 1. The van der Waals surface area contributed by atoms with Crippen molar-refractivity contribution >= 4 is 37.7 Å². The number of H-pyrrole nitrogens is 1. The van der Waals surface area contributed by atoms with Crippen LogP contribution in [0.25, 0.3) is 0 Å². The standard InChI is InChI=1S/C8H8BrN5O3S/c9-7-5(2-10)8(13-12-7)14-3-4(1-6(14)15)18(11,16)17/h4H,1,3H2,(H,12,13)(H2,11,16,17). The smallest absolute Gasteiger partial charge is 0.229 e. The summed E-state index contributed by atoms with van der Waals surface area (Å²) in [4.78, 5) is 12.9. The molecule has 2 rings (SSSR count). The van der Waals surface area contributed by atoms with Gasteiger partial charge in [0.1, 0.15) is 21.5 Å². The van der Waals surface area contributed by atoms with Crippen LogP contribution in [0.2, 0.25) is 0 Å². The van der Waals surface area contributed by atoms with Crippen molar-refractivity contribution in [1.82, 2.24) is 10.2 Å². The van der Waals surface area contributed by atoms with Gasteiger partial charge >= 0.3 is 0 Å². The van der Waals surface area contributed by atoms with Gasteiger partial charge in [-0.05, 0) is 15.9 Å².